The summed E-state index contributed by atoms with van der Waals surface area (Å²) in [6.07, 6.45) is -5.94. The van der Waals surface area contributed by atoms with E-state index in [2.05, 4.69) is 0 Å². The van der Waals surface area contributed by atoms with Crippen molar-refractivity contribution in [2.45, 2.75) is 31.5 Å². The molecule has 11 nitrogen and oxygen atoms in total. The Balaban J connectivity index is 1.96. The third-order valence-corrected chi connectivity index (χ3v) is 4.43. The second-order valence-corrected chi connectivity index (χ2v) is 6.86. The lowest BCUT2D eigenvalue weighted by Gasteiger charge is -2.37. The van der Waals surface area contributed by atoms with E-state index in [1.54, 1.807) is 0 Å². The Labute approximate surface area is 175 Å². The lowest BCUT2D eigenvalue weighted by Crippen LogP contribution is -2.56. The van der Waals surface area contributed by atoms with Crippen LogP contribution >= 0.6 is 0 Å². The van der Waals surface area contributed by atoms with Gasteiger partial charge in [-0.15, -0.1) is 0 Å². The predicted molar refractivity (Wildman–Crippen MR) is 101 cm³/mol. The van der Waals surface area contributed by atoms with Crippen LogP contribution in [0.5, 0.6) is 28.7 Å². The standard InChI is InChI=1S/C20H20O11/c1-8(21)30-19-14(26)7-29-20(18(19)28)31-15-6-12(24)5-13(25)16(15)17(27)9-2-10(22)4-11(23)3-9/h2-6,14,18-20,22-26,28H,7H2,1H3/t14-,18-,19+,20+/m1/s1. The maximum atomic E-state index is 12.9. The van der Waals surface area contributed by atoms with Crippen LogP contribution in [-0.4, -0.2) is 73.6 Å². The monoisotopic (exact) mass is 436 g/mol. The van der Waals surface area contributed by atoms with E-state index in [-0.39, 0.29) is 12.2 Å². The van der Waals surface area contributed by atoms with Gasteiger partial charge in [-0.1, -0.05) is 0 Å². The number of rotatable bonds is 5. The molecule has 166 valence electrons. The Kier molecular flexibility index (Phi) is 6.20. The average molecular weight is 436 g/mol. The predicted octanol–water partition coefficient (Wildman–Crippen LogP) is 0.129. The van der Waals surface area contributed by atoms with Crippen molar-refractivity contribution >= 4 is 11.8 Å². The molecular weight excluding hydrogens is 416 g/mol. The van der Waals surface area contributed by atoms with E-state index < -0.39 is 70.7 Å². The lowest BCUT2D eigenvalue weighted by atomic mass is 10.00. The van der Waals surface area contributed by atoms with Gasteiger partial charge >= 0.3 is 5.97 Å². The molecule has 1 aliphatic rings. The van der Waals surface area contributed by atoms with Crippen LogP contribution in [0.25, 0.3) is 0 Å². The fourth-order valence-electron chi connectivity index (χ4n) is 3.12. The molecule has 0 aromatic heterocycles. The molecule has 31 heavy (non-hydrogen) atoms. The maximum absolute atomic E-state index is 12.9. The maximum Gasteiger partial charge on any atom is 0.303 e. The Morgan fingerprint density at radius 2 is 1.58 bits per heavy atom. The summed E-state index contributed by atoms with van der Waals surface area (Å²) in [7, 11) is 0. The van der Waals surface area contributed by atoms with Crippen molar-refractivity contribution in [3.63, 3.8) is 0 Å². The molecule has 1 saturated heterocycles. The number of ketones is 1. The SMILES string of the molecule is CC(=O)O[C@@H]1[C@@H](O)[C@H](Oc2cc(O)cc(O)c2C(=O)c2cc(O)cc(O)c2)OC[C@H]1O. The van der Waals surface area contributed by atoms with Gasteiger partial charge in [0.05, 0.1) is 6.61 Å². The highest BCUT2D eigenvalue weighted by Crippen LogP contribution is 2.37. The van der Waals surface area contributed by atoms with E-state index in [1.165, 1.54) is 0 Å². The number of carbonyl (C=O) groups is 2. The number of hydrogen-bond donors (Lipinski definition) is 6. The molecule has 0 saturated carbocycles. The van der Waals surface area contributed by atoms with Crippen LogP contribution in [-0.2, 0) is 14.3 Å². The van der Waals surface area contributed by atoms with Gasteiger partial charge in [-0.2, -0.15) is 0 Å². The highest BCUT2D eigenvalue weighted by molar-refractivity contribution is 6.13. The highest BCUT2D eigenvalue weighted by Gasteiger charge is 2.43. The Bertz CT molecular complexity index is 983. The Morgan fingerprint density at radius 1 is 0.968 bits per heavy atom. The second kappa shape index (κ2) is 8.68. The van der Waals surface area contributed by atoms with E-state index in [0.717, 1.165) is 37.3 Å². The minimum absolute atomic E-state index is 0.207. The average Bonchev–Trinajstić information content (AvgIpc) is 2.65. The van der Waals surface area contributed by atoms with Crippen molar-refractivity contribution in [2.24, 2.45) is 0 Å². The third kappa shape index (κ3) is 4.79. The van der Waals surface area contributed by atoms with Crippen LogP contribution < -0.4 is 4.74 Å². The smallest absolute Gasteiger partial charge is 0.303 e. The summed E-state index contributed by atoms with van der Waals surface area (Å²) < 4.78 is 15.6. The van der Waals surface area contributed by atoms with Crippen LogP contribution in [0.2, 0.25) is 0 Å². The molecule has 4 atom stereocenters. The quantitative estimate of drug-likeness (QED) is 0.277. The van der Waals surface area contributed by atoms with Gasteiger partial charge in [0, 0.05) is 30.7 Å². The van der Waals surface area contributed by atoms with Crippen LogP contribution in [0.4, 0.5) is 0 Å². The second-order valence-electron chi connectivity index (χ2n) is 6.86. The fourth-order valence-corrected chi connectivity index (χ4v) is 3.12. The van der Waals surface area contributed by atoms with E-state index in [9.17, 15) is 40.2 Å². The first-order valence-corrected chi connectivity index (χ1v) is 9.02. The van der Waals surface area contributed by atoms with Gasteiger partial charge in [0.1, 0.15) is 40.4 Å². The van der Waals surface area contributed by atoms with Crippen molar-refractivity contribution < 1.29 is 54.4 Å². The molecule has 0 spiro atoms. The normalized spacial score (nSPS) is 23.2. The number of hydrogen-bond acceptors (Lipinski definition) is 11. The number of phenolic OH excluding ortho intramolecular Hbond substituents is 4. The van der Waals surface area contributed by atoms with Crippen molar-refractivity contribution in [1.82, 2.24) is 0 Å². The third-order valence-electron chi connectivity index (χ3n) is 4.43. The molecule has 0 unspecified atom stereocenters. The number of benzene rings is 2. The molecule has 11 heteroatoms. The molecule has 2 aromatic carbocycles. The molecule has 0 bridgehead atoms. The van der Waals surface area contributed by atoms with Crippen LogP contribution in [0.15, 0.2) is 30.3 Å². The van der Waals surface area contributed by atoms with E-state index in [4.69, 9.17) is 14.2 Å². The van der Waals surface area contributed by atoms with Gasteiger partial charge in [0.25, 0.3) is 0 Å². The molecule has 3 rings (SSSR count). The first kappa shape index (κ1) is 22.2. The molecule has 1 fully saturated rings. The van der Waals surface area contributed by atoms with Gasteiger partial charge in [-0.25, -0.2) is 0 Å². The minimum Gasteiger partial charge on any atom is -0.508 e. The van der Waals surface area contributed by atoms with Gasteiger partial charge < -0.3 is 44.8 Å². The number of carbonyl (C=O) groups excluding carboxylic acids is 2. The summed E-state index contributed by atoms with van der Waals surface area (Å²) >= 11 is 0. The van der Waals surface area contributed by atoms with Crippen LogP contribution in [0.1, 0.15) is 22.8 Å². The van der Waals surface area contributed by atoms with E-state index in [1.807, 2.05) is 0 Å². The molecule has 0 amide bonds. The van der Waals surface area contributed by atoms with E-state index >= 15 is 0 Å². The molecule has 6 N–H and O–H groups in total. The summed E-state index contributed by atoms with van der Waals surface area (Å²) in [5.74, 6) is -4.05. The number of phenols is 4. The zero-order chi connectivity index (χ0) is 22.9. The van der Waals surface area contributed by atoms with Gasteiger partial charge in [0.15, 0.2) is 12.2 Å². The van der Waals surface area contributed by atoms with Crippen molar-refractivity contribution in [3.05, 3.63) is 41.5 Å². The van der Waals surface area contributed by atoms with Crippen molar-refractivity contribution in [2.75, 3.05) is 6.61 Å². The van der Waals surface area contributed by atoms with Crippen LogP contribution in [0.3, 0.4) is 0 Å². The largest absolute Gasteiger partial charge is 0.508 e. The number of aliphatic hydroxyl groups excluding tert-OH is 2. The Hall–Kier alpha value is -3.54. The fraction of sp³-hybridized carbons (Fsp3) is 0.300. The zero-order valence-electron chi connectivity index (χ0n) is 16.1. The molecule has 1 heterocycles. The number of aliphatic hydroxyl groups is 2. The minimum atomic E-state index is -1.68. The Morgan fingerprint density at radius 3 is 2.19 bits per heavy atom. The zero-order valence-corrected chi connectivity index (χ0v) is 16.1. The number of ether oxygens (including phenoxy) is 3. The summed E-state index contributed by atoms with van der Waals surface area (Å²) in [5.41, 5.74) is -0.671. The van der Waals surface area contributed by atoms with Crippen molar-refractivity contribution in [1.29, 1.82) is 0 Å². The topological polar surface area (TPSA) is 183 Å². The number of aromatic hydroxyl groups is 4. The molecule has 1 aliphatic heterocycles. The van der Waals surface area contributed by atoms with Gasteiger partial charge in [-0.3, -0.25) is 9.59 Å². The first-order valence-electron chi connectivity index (χ1n) is 9.02. The molecular formula is C20H20O11. The molecule has 0 aliphatic carbocycles. The summed E-state index contributed by atoms with van der Waals surface area (Å²) in [6, 6.07) is 4.91. The lowest BCUT2D eigenvalue weighted by molar-refractivity contribution is -0.248. The van der Waals surface area contributed by atoms with Gasteiger partial charge in [-0.05, 0) is 12.1 Å². The highest BCUT2D eigenvalue weighted by atomic mass is 16.7. The van der Waals surface area contributed by atoms with Gasteiger partial charge in [0.2, 0.25) is 12.1 Å². The molecule has 2 aromatic rings. The van der Waals surface area contributed by atoms with Crippen LogP contribution in [0, 0.1) is 0 Å². The summed E-state index contributed by atoms with van der Waals surface area (Å²) in [6.45, 7) is 0.702. The van der Waals surface area contributed by atoms with E-state index in [0.29, 0.717) is 0 Å². The molecule has 0 radical (unpaired) electrons. The number of esters is 1. The van der Waals surface area contributed by atoms with Crippen molar-refractivity contribution in [3.8, 4) is 28.7 Å². The first-order chi connectivity index (χ1) is 14.6. The summed E-state index contributed by atoms with van der Waals surface area (Å²) in [5, 5.41) is 59.6. The summed E-state index contributed by atoms with van der Waals surface area (Å²) in [4.78, 5) is 24.2.